The van der Waals surface area contributed by atoms with E-state index in [9.17, 15) is 4.79 Å². The van der Waals surface area contributed by atoms with Gasteiger partial charge < -0.3 is 4.74 Å². The highest BCUT2D eigenvalue weighted by molar-refractivity contribution is 7.10. The van der Waals surface area contributed by atoms with Crippen molar-refractivity contribution >= 4 is 23.5 Å². The number of nitrogens with zero attached hydrogens (tertiary/aromatic N) is 2. The normalized spacial score (nSPS) is 13.4. The summed E-state index contributed by atoms with van der Waals surface area (Å²) in [6.45, 7) is 4.08. The van der Waals surface area contributed by atoms with Crippen molar-refractivity contribution in [2.24, 2.45) is 10.9 Å². The lowest BCUT2D eigenvalue weighted by atomic mass is 10.0. The first-order valence-electron chi connectivity index (χ1n) is 7.91. The third-order valence-corrected chi connectivity index (χ3v) is 4.50. The molecule has 0 aliphatic heterocycles. The second-order valence-corrected chi connectivity index (χ2v) is 6.15. The van der Waals surface area contributed by atoms with Gasteiger partial charge in [0.25, 0.3) is 0 Å². The molecule has 0 aliphatic carbocycles. The first kappa shape index (κ1) is 17.9. The summed E-state index contributed by atoms with van der Waals surface area (Å²) in [7, 11) is 0. The van der Waals surface area contributed by atoms with Crippen LogP contribution in [0.4, 0.5) is 0 Å². The zero-order valence-electron chi connectivity index (χ0n) is 13.8. The molecule has 2 aromatic rings. The first-order valence-corrected chi connectivity index (χ1v) is 8.79. The predicted molar refractivity (Wildman–Crippen MR) is 96.2 cm³/mol. The SMILES string of the molecule is CCOC(=O)C(C#N)C=N[C@H](c1ccc(CC)cc1)c1cccs1. The molecule has 0 radical (unpaired) electrons. The van der Waals surface area contributed by atoms with Crippen LogP contribution in [0.25, 0.3) is 0 Å². The largest absolute Gasteiger partial charge is 0.465 e. The van der Waals surface area contributed by atoms with Gasteiger partial charge in [0.2, 0.25) is 0 Å². The summed E-state index contributed by atoms with van der Waals surface area (Å²) in [6.07, 6.45) is 2.38. The Morgan fingerprint density at radius 1 is 1.33 bits per heavy atom. The van der Waals surface area contributed by atoms with Crippen molar-refractivity contribution in [2.45, 2.75) is 26.3 Å². The van der Waals surface area contributed by atoms with Crippen molar-refractivity contribution in [2.75, 3.05) is 6.61 Å². The zero-order chi connectivity index (χ0) is 17.4. The predicted octanol–water partition coefficient (Wildman–Crippen LogP) is 4.17. The van der Waals surface area contributed by atoms with E-state index < -0.39 is 11.9 Å². The Hall–Kier alpha value is -2.45. The van der Waals surface area contributed by atoms with Gasteiger partial charge in [0.05, 0.1) is 12.7 Å². The van der Waals surface area contributed by atoms with Crippen LogP contribution in [-0.4, -0.2) is 18.8 Å². The van der Waals surface area contributed by atoms with Gasteiger partial charge in [0.1, 0.15) is 6.04 Å². The van der Waals surface area contributed by atoms with Crippen LogP contribution in [0.2, 0.25) is 0 Å². The van der Waals surface area contributed by atoms with Crippen molar-refractivity contribution in [3.8, 4) is 6.07 Å². The molecule has 0 aliphatic rings. The molecule has 2 rings (SSSR count). The van der Waals surface area contributed by atoms with Crippen LogP contribution in [0.5, 0.6) is 0 Å². The lowest BCUT2D eigenvalue weighted by molar-refractivity contribution is -0.143. The number of carbonyl (C=O) groups is 1. The molecular weight excluding hydrogens is 320 g/mol. The van der Waals surface area contributed by atoms with Gasteiger partial charge in [-0.1, -0.05) is 37.3 Å². The monoisotopic (exact) mass is 340 g/mol. The van der Waals surface area contributed by atoms with E-state index in [1.165, 1.54) is 11.8 Å². The Labute approximate surface area is 146 Å². The van der Waals surface area contributed by atoms with Gasteiger partial charge in [-0.3, -0.25) is 9.79 Å². The maximum Gasteiger partial charge on any atom is 0.328 e. The molecule has 0 spiro atoms. The van der Waals surface area contributed by atoms with E-state index in [-0.39, 0.29) is 12.6 Å². The van der Waals surface area contributed by atoms with Crippen LogP contribution in [0.15, 0.2) is 46.8 Å². The quantitative estimate of drug-likeness (QED) is 0.561. The number of carbonyl (C=O) groups excluding carboxylic acids is 1. The molecule has 0 saturated heterocycles. The topological polar surface area (TPSA) is 62.5 Å². The van der Waals surface area contributed by atoms with E-state index in [1.807, 2.05) is 35.7 Å². The third kappa shape index (κ3) is 4.53. The molecule has 5 heteroatoms. The molecule has 0 saturated carbocycles. The van der Waals surface area contributed by atoms with Gasteiger partial charge in [0.15, 0.2) is 5.92 Å². The van der Waals surface area contributed by atoms with Gasteiger partial charge in [-0.25, -0.2) is 0 Å². The van der Waals surface area contributed by atoms with Crippen LogP contribution in [0, 0.1) is 17.2 Å². The van der Waals surface area contributed by atoms with E-state index in [2.05, 4.69) is 24.0 Å². The summed E-state index contributed by atoms with van der Waals surface area (Å²) >= 11 is 1.60. The van der Waals surface area contributed by atoms with Crippen molar-refractivity contribution in [1.29, 1.82) is 5.26 Å². The van der Waals surface area contributed by atoms with Gasteiger partial charge in [-0.15, -0.1) is 11.3 Å². The molecule has 1 aromatic carbocycles. The maximum absolute atomic E-state index is 11.8. The number of hydrogen-bond donors (Lipinski definition) is 0. The highest BCUT2D eigenvalue weighted by Crippen LogP contribution is 2.29. The van der Waals surface area contributed by atoms with Crippen LogP contribution in [-0.2, 0) is 16.0 Å². The highest BCUT2D eigenvalue weighted by Gasteiger charge is 2.19. The van der Waals surface area contributed by atoms with Gasteiger partial charge in [0, 0.05) is 11.1 Å². The molecule has 0 fully saturated rings. The fourth-order valence-corrected chi connectivity index (χ4v) is 3.05. The van der Waals surface area contributed by atoms with Crippen LogP contribution in [0.3, 0.4) is 0 Å². The summed E-state index contributed by atoms with van der Waals surface area (Å²) in [6, 6.07) is 13.9. The van der Waals surface area contributed by atoms with E-state index in [0.717, 1.165) is 16.9 Å². The molecule has 1 heterocycles. The second-order valence-electron chi connectivity index (χ2n) is 5.17. The van der Waals surface area contributed by atoms with Gasteiger partial charge in [-0.05, 0) is 35.9 Å². The van der Waals surface area contributed by atoms with E-state index >= 15 is 0 Å². The summed E-state index contributed by atoms with van der Waals surface area (Å²) in [5.74, 6) is -1.54. The Kier molecular flexibility index (Phi) is 6.71. The first-order chi connectivity index (χ1) is 11.7. The molecular formula is C19H20N2O2S. The lowest BCUT2D eigenvalue weighted by Crippen LogP contribution is -2.17. The summed E-state index contributed by atoms with van der Waals surface area (Å²) < 4.78 is 4.90. The van der Waals surface area contributed by atoms with E-state index in [4.69, 9.17) is 10.00 Å². The van der Waals surface area contributed by atoms with Gasteiger partial charge in [-0.2, -0.15) is 5.26 Å². The van der Waals surface area contributed by atoms with Crippen LogP contribution >= 0.6 is 11.3 Å². The standard InChI is InChI=1S/C19H20N2O2S/c1-3-14-7-9-15(10-8-14)18(17-6-5-11-24-17)21-13-16(12-20)19(22)23-4-2/h5-11,13,16,18H,3-4H2,1-2H3/t16?,18-/m1/s1. The number of benzene rings is 1. The minimum absolute atomic E-state index is 0.221. The molecule has 1 aromatic heterocycles. The zero-order valence-corrected chi connectivity index (χ0v) is 14.6. The highest BCUT2D eigenvalue weighted by atomic mass is 32.1. The molecule has 0 bridgehead atoms. The Bertz CT molecular complexity index is 715. The summed E-state index contributed by atoms with van der Waals surface area (Å²) in [4.78, 5) is 17.4. The van der Waals surface area contributed by atoms with Crippen molar-refractivity contribution in [3.63, 3.8) is 0 Å². The molecule has 2 atom stereocenters. The van der Waals surface area contributed by atoms with Gasteiger partial charge >= 0.3 is 5.97 Å². The molecule has 0 N–H and O–H groups in total. The minimum Gasteiger partial charge on any atom is -0.465 e. The number of nitriles is 1. The number of rotatable bonds is 7. The van der Waals surface area contributed by atoms with E-state index in [1.54, 1.807) is 18.3 Å². The number of ether oxygens (including phenoxy) is 1. The Morgan fingerprint density at radius 2 is 2.08 bits per heavy atom. The van der Waals surface area contributed by atoms with Crippen LogP contribution in [0.1, 0.15) is 35.9 Å². The number of thiophene rings is 1. The van der Waals surface area contributed by atoms with Crippen LogP contribution < -0.4 is 0 Å². The second kappa shape index (κ2) is 8.99. The molecule has 124 valence electrons. The average Bonchev–Trinajstić information content (AvgIpc) is 3.13. The van der Waals surface area contributed by atoms with E-state index in [0.29, 0.717) is 0 Å². The number of aliphatic imine (C=N–C) groups is 1. The van der Waals surface area contributed by atoms with Crippen molar-refractivity contribution in [3.05, 3.63) is 57.8 Å². The summed E-state index contributed by atoms with van der Waals surface area (Å²) in [5, 5.41) is 11.2. The maximum atomic E-state index is 11.8. The Balaban J connectivity index is 2.28. The molecule has 1 unspecified atom stereocenters. The fourth-order valence-electron chi connectivity index (χ4n) is 2.26. The van der Waals surface area contributed by atoms with Crippen molar-refractivity contribution in [1.82, 2.24) is 0 Å². The lowest BCUT2D eigenvalue weighted by Gasteiger charge is -2.12. The molecule has 0 amide bonds. The summed E-state index contributed by atoms with van der Waals surface area (Å²) in [5.41, 5.74) is 2.29. The van der Waals surface area contributed by atoms with Crippen molar-refractivity contribution < 1.29 is 9.53 Å². The Morgan fingerprint density at radius 3 is 2.62 bits per heavy atom. The molecule has 24 heavy (non-hydrogen) atoms. The molecule has 4 nitrogen and oxygen atoms in total. The minimum atomic E-state index is -0.984. The number of aryl methyl sites for hydroxylation is 1. The number of esters is 1. The third-order valence-electron chi connectivity index (χ3n) is 3.58. The number of hydrogen-bond acceptors (Lipinski definition) is 5. The smallest absolute Gasteiger partial charge is 0.328 e. The average molecular weight is 340 g/mol. The fraction of sp³-hybridized carbons (Fsp3) is 0.316.